The van der Waals surface area contributed by atoms with Gasteiger partial charge in [-0.05, 0) is 25.0 Å². The number of anilines is 1. The van der Waals surface area contributed by atoms with Crippen molar-refractivity contribution in [2.24, 2.45) is 0 Å². The molecule has 0 aromatic heterocycles. The summed E-state index contributed by atoms with van der Waals surface area (Å²) < 4.78 is 0. The van der Waals surface area contributed by atoms with Crippen molar-refractivity contribution < 1.29 is 9.90 Å². The molecule has 0 atom stereocenters. The molecule has 22 heavy (non-hydrogen) atoms. The Balaban J connectivity index is 1.63. The van der Waals surface area contributed by atoms with E-state index in [0.29, 0.717) is 13.1 Å². The zero-order valence-corrected chi connectivity index (χ0v) is 13.3. The number of likely N-dealkylation sites (N-methyl/N-ethyl adjacent to an activating group) is 1. The van der Waals surface area contributed by atoms with Gasteiger partial charge in [0.05, 0.1) is 5.60 Å². The molecule has 122 valence electrons. The monoisotopic (exact) mass is 305 g/mol. The molecule has 5 nitrogen and oxygen atoms in total. The number of nitrogens with zero attached hydrogens (tertiary/aromatic N) is 1. The lowest BCUT2D eigenvalue weighted by Crippen LogP contribution is -2.48. The fourth-order valence-corrected chi connectivity index (χ4v) is 2.84. The second-order valence-electron chi connectivity index (χ2n) is 6.15. The van der Waals surface area contributed by atoms with Crippen LogP contribution in [0, 0.1) is 0 Å². The Morgan fingerprint density at radius 1 is 1.18 bits per heavy atom. The Hall–Kier alpha value is -1.75. The quantitative estimate of drug-likeness (QED) is 0.754. The maximum absolute atomic E-state index is 11.8. The van der Waals surface area contributed by atoms with Gasteiger partial charge in [0, 0.05) is 32.4 Å². The van der Waals surface area contributed by atoms with Gasteiger partial charge in [-0.15, -0.1) is 0 Å². The van der Waals surface area contributed by atoms with Gasteiger partial charge < -0.3 is 20.6 Å². The van der Waals surface area contributed by atoms with Crippen molar-refractivity contribution in [1.82, 2.24) is 10.6 Å². The molecule has 1 aromatic carbocycles. The fraction of sp³-hybridized carbons (Fsp3) is 0.588. The molecule has 3 N–H and O–H groups in total. The van der Waals surface area contributed by atoms with Crippen LogP contribution in [0.15, 0.2) is 30.3 Å². The van der Waals surface area contributed by atoms with Gasteiger partial charge in [0.15, 0.2) is 0 Å². The number of urea groups is 1. The molecule has 0 bridgehead atoms. The molecule has 0 spiro atoms. The lowest BCUT2D eigenvalue weighted by molar-refractivity contribution is 0.00721. The number of amides is 2. The Morgan fingerprint density at radius 2 is 1.86 bits per heavy atom. The van der Waals surface area contributed by atoms with Crippen LogP contribution in [0.25, 0.3) is 0 Å². The van der Waals surface area contributed by atoms with Crippen LogP contribution in [0.1, 0.15) is 32.1 Å². The Labute approximate surface area is 132 Å². The molecule has 1 aliphatic carbocycles. The SMILES string of the molecule is CN(CCNC(=O)NCC1(O)CCCCC1)c1ccccc1. The molecule has 0 saturated heterocycles. The summed E-state index contributed by atoms with van der Waals surface area (Å²) >= 11 is 0. The Kier molecular flexibility index (Phi) is 6.07. The minimum absolute atomic E-state index is 0.208. The predicted octanol–water partition coefficient (Wildman–Crippen LogP) is 2.12. The first kappa shape index (κ1) is 16.6. The first-order chi connectivity index (χ1) is 10.6. The number of carbonyl (C=O) groups is 1. The summed E-state index contributed by atoms with van der Waals surface area (Å²) in [5.74, 6) is 0. The molecule has 0 unspecified atom stereocenters. The van der Waals surface area contributed by atoms with Crippen LogP contribution >= 0.6 is 0 Å². The summed E-state index contributed by atoms with van der Waals surface area (Å²) in [5, 5.41) is 16.0. The van der Waals surface area contributed by atoms with E-state index in [4.69, 9.17) is 0 Å². The molecule has 1 saturated carbocycles. The zero-order valence-electron chi connectivity index (χ0n) is 13.3. The molecule has 5 heteroatoms. The van der Waals surface area contributed by atoms with Crippen LogP contribution < -0.4 is 15.5 Å². The van der Waals surface area contributed by atoms with Crippen LogP contribution in [0.4, 0.5) is 10.5 Å². The second-order valence-corrected chi connectivity index (χ2v) is 6.15. The molecule has 1 aliphatic rings. The third-order valence-electron chi connectivity index (χ3n) is 4.29. The van der Waals surface area contributed by atoms with Crippen LogP contribution in [0.2, 0.25) is 0 Å². The van der Waals surface area contributed by atoms with E-state index in [1.165, 1.54) is 6.42 Å². The summed E-state index contributed by atoms with van der Waals surface area (Å²) in [7, 11) is 2.00. The highest BCUT2D eigenvalue weighted by atomic mass is 16.3. The van der Waals surface area contributed by atoms with E-state index in [-0.39, 0.29) is 6.03 Å². The molecule has 0 radical (unpaired) electrons. The highest BCUT2D eigenvalue weighted by Crippen LogP contribution is 2.27. The van der Waals surface area contributed by atoms with E-state index < -0.39 is 5.60 Å². The Morgan fingerprint density at radius 3 is 2.55 bits per heavy atom. The van der Waals surface area contributed by atoms with E-state index in [1.807, 2.05) is 37.4 Å². The topological polar surface area (TPSA) is 64.6 Å². The van der Waals surface area contributed by atoms with Gasteiger partial charge >= 0.3 is 6.03 Å². The van der Waals surface area contributed by atoms with Gasteiger partial charge in [0.1, 0.15) is 0 Å². The standard InChI is InChI=1S/C17H27N3O2/c1-20(15-8-4-2-5-9-15)13-12-18-16(21)19-14-17(22)10-6-3-7-11-17/h2,4-5,8-9,22H,3,6-7,10-14H2,1H3,(H2,18,19,21). The van der Waals surface area contributed by atoms with Crippen LogP contribution in [-0.4, -0.2) is 43.4 Å². The van der Waals surface area contributed by atoms with Crippen molar-refractivity contribution in [3.05, 3.63) is 30.3 Å². The number of para-hydroxylation sites is 1. The van der Waals surface area contributed by atoms with E-state index in [0.717, 1.165) is 37.9 Å². The summed E-state index contributed by atoms with van der Waals surface area (Å²) in [6, 6.07) is 9.85. The van der Waals surface area contributed by atoms with E-state index in [9.17, 15) is 9.90 Å². The summed E-state index contributed by atoms with van der Waals surface area (Å²) in [6.07, 6.45) is 4.83. The summed E-state index contributed by atoms with van der Waals surface area (Å²) in [5.41, 5.74) is 0.414. The maximum atomic E-state index is 11.8. The smallest absolute Gasteiger partial charge is 0.314 e. The number of rotatable bonds is 6. The highest BCUT2D eigenvalue weighted by molar-refractivity contribution is 5.73. The van der Waals surface area contributed by atoms with Crippen molar-refractivity contribution in [3.8, 4) is 0 Å². The van der Waals surface area contributed by atoms with E-state index >= 15 is 0 Å². The first-order valence-corrected chi connectivity index (χ1v) is 8.09. The van der Waals surface area contributed by atoms with Gasteiger partial charge in [-0.25, -0.2) is 4.79 Å². The molecular weight excluding hydrogens is 278 g/mol. The van der Waals surface area contributed by atoms with Crippen molar-refractivity contribution in [2.45, 2.75) is 37.7 Å². The minimum atomic E-state index is -0.712. The van der Waals surface area contributed by atoms with Crippen molar-refractivity contribution in [3.63, 3.8) is 0 Å². The van der Waals surface area contributed by atoms with Gasteiger partial charge in [-0.3, -0.25) is 0 Å². The van der Waals surface area contributed by atoms with Gasteiger partial charge in [-0.1, -0.05) is 37.5 Å². The van der Waals surface area contributed by atoms with Crippen LogP contribution in [-0.2, 0) is 0 Å². The van der Waals surface area contributed by atoms with Gasteiger partial charge in [0.2, 0.25) is 0 Å². The predicted molar refractivity (Wildman–Crippen MR) is 89.1 cm³/mol. The van der Waals surface area contributed by atoms with E-state index in [1.54, 1.807) is 0 Å². The largest absolute Gasteiger partial charge is 0.388 e. The lowest BCUT2D eigenvalue weighted by atomic mass is 9.85. The molecule has 1 fully saturated rings. The second kappa shape index (κ2) is 8.03. The number of carbonyl (C=O) groups excluding carboxylic acids is 1. The molecule has 2 rings (SSSR count). The fourth-order valence-electron chi connectivity index (χ4n) is 2.84. The average Bonchev–Trinajstić information content (AvgIpc) is 2.54. The van der Waals surface area contributed by atoms with Crippen molar-refractivity contribution in [2.75, 3.05) is 31.6 Å². The average molecular weight is 305 g/mol. The zero-order chi connectivity index (χ0) is 15.8. The lowest BCUT2D eigenvalue weighted by Gasteiger charge is -2.32. The maximum Gasteiger partial charge on any atom is 0.314 e. The number of aliphatic hydroxyl groups is 1. The third kappa shape index (κ3) is 5.22. The molecule has 0 heterocycles. The van der Waals surface area contributed by atoms with Crippen LogP contribution in [0.3, 0.4) is 0 Å². The molecule has 1 aromatic rings. The Bertz CT molecular complexity index is 458. The number of hydrogen-bond acceptors (Lipinski definition) is 3. The van der Waals surface area contributed by atoms with Crippen LogP contribution in [0.5, 0.6) is 0 Å². The number of benzene rings is 1. The first-order valence-electron chi connectivity index (χ1n) is 8.09. The number of nitrogens with one attached hydrogen (secondary N) is 2. The summed E-state index contributed by atoms with van der Waals surface area (Å²) in [4.78, 5) is 13.9. The normalized spacial score (nSPS) is 16.8. The van der Waals surface area contributed by atoms with Crippen molar-refractivity contribution in [1.29, 1.82) is 0 Å². The minimum Gasteiger partial charge on any atom is -0.388 e. The number of hydrogen-bond donors (Lipinski definition) is 3. The molecule has 0 aliphatic heterocycles. The summed E-state index contributed by atoms with van der Waals surface area (Å²) in [6.45, 7) is 1.64. The third-order valence-corrected chi connectivity index (χ3v) is 4.29. The van der Waals surface area contributed by atoms with Crippen molar-refractivity contribution >= 4 is 11.7 Å². The molecular formula is C17H27N3O2. The van der Waals surface area contributed by atoms with Gasteiger partial charge in [-0.2, -0.15) is 0 Å². The highest BCUT2D eigenvalue weighted by Gasteiger charge is 2.29. The van der Waals surface area contributed by atoms with Gasteiger partial charge in [0.25, 0.3) is 0 Å². The molecule has 2 amide bonds. The van der Waals surface area contributed by atoms with E-state index in [2.05, 4.69) is 15.5 Å².